The normalized spacial score (nSPS) is 11.4. The smallest absolute Gasteiger partial charge is 0.286 e. The van der Waals surface area contributed by atoms with Gasteiger partial charge in [0.1, 0.15) is 11.8 Å². The molecule has 0 aliphatic carbocycles. The van der Waals surface area contributed by atoms with E-state index < -0.39 is 12.0 Å². The Morgan fingerprint density at radius 3 is 2.83 bits per heavy atom. The number of aliphatic hydroxyl groups excluding tert-OH is 1. The number of hydrogen-bond donors (Lipinski definition) is 2. The molecule has 0 heterocycles. The number of hydroxylamine groups is 2. The SMILES string of the molecule is CC(Oc1ccccc1C#N)C(=O)N(O)CCO. The van der Waals surface area contributed by atoms with Crippen molar-refractivity contribution in [1.82, 2.24) is 5.06 Å². The monoisotopic (exact) mass is 250 g/mol. The third-order valence-corrected chi connectivity index (χ3v) is 2.23. The Hall–Kier alpha value is -2.10. The topological polar surface area (TPSA) is 93.8 Å². The van der Waals surface area contributed by atoms with Crippen molar-refractivity contribution >= 4 is 5.91 Å². The average molecular weight is 250 g/mol. The van der Waals surface area contributed by atoms with Crippen LogP contribution in [0.3, 0.4) is 0 Å². The van der Waals surface area contributed by atoms with E-state index in [1.54, 1.807) is 24.3 Å². The van der Waals surface area contributed by atoms with E-state index >= 15 is 0 Å². The van der Waals surface area contributed by atoms with Crippen molar-refractivity contribution in [2.24, 2.45) is 0 Å². The Labute approximate surface area is 105 Å². The number of amides is 1. The summed E-state index contributed by atoms with van der Waals surface area (Å²) in [6, 6.07) is 8.43. The van der Waals surface area contributed by atoms with Crippen LogP contribution in [-0.2, 0) is 4.79 Å². The highest BCUT2D eigenvalue weighted by Gasteiger charge is 2.21. The van der Waals surface area contributed by atoms with Gasteiger partial charge in [-0.05, 0) is 19.1 Å². The first-order chi connectivity index (χ1) is 8.60. The van der Waals surface area contributed by atoms with Crippen LogP contribution < -0.4 is 4.74 Å². The summed E-state index contributed by atoms with van der Waals surface area (Å²) in [5.74, 6) is -0.407. The number of ether oxygens (including phenoxy) is 1. The first-order valence-electron chi connectivity index (χ1n) is 5.37. The second-order valence-electron chi connectivity index (χ2n) is 3.55. The lowest BCUT2D eigenvalue weighted by molar-refractivity contribution is -0.174. The molecule has 18 heavy (non-hydrogen) atoms. The van der Waals surface area contributed by atoms with E-state index in [2.05, 4.69) is 0 Å². The highest BCUT2D eigenvalue weighted by Crippen LogP contribution is 2.18. The number of carbonyl (C=O) groups excluding carboxylic acids is 1. The summed E-state index contributed by atoms with van der Waals surface area (Å²) in [5, 5.41) is 27.1. The summed E-state index contributed by atoms with van der Waals surface area (Å²) in [6.45, 7) is 0.924. The molecular weight excluding hydrogens is 236 g/mol. The van der Waals surface area contributed by atoms with E-state index in [1.165, 1.54) is 6.92 Å². The first-order valence-corrected chi connectivity index (χ1v) is 5.37. The summed E-state index contributed by atoms with van der Waals surface area (Å²) < 4.78 is 5.31. The Morgan fingerprint density at radius 2 is 2.22 bits per heavy atom. The number of aliphatic hydroxyl groups is 1. The van der Waals surface area contributed by atoms with Crippen molar-refractivity contribution < 1.29 is 19.8 Å². The Balaban J connectivity index is 2.73. The zero-order chi connectivity index (χ0) is 13.5. The second kappa shape index (κ2) is 6.59. The van der Waals surface area contributed by atoms with Crippen LogP contribution in [0.15, 0.2) is 24.3 Å². The van der Waals surface area contributed by atoms with Gasteiger partial charge in [-0.3, -0.25) is 10.0 Å². The maximum absolute atomic E-state index is 11.6. The molecule has 0 bridgehead atoms. The number of carbonyl (C=O) groups is 1. The van der Waals surface area contributed by atoms with Crippen LogP contribution in [-0.4, -0.2) is 40.5 Å². The van der Waals surface area contributed by atoms with E-state index in [9.17, 15) is 10.0 Å². The molecule has 1 aromatic carbocycles. The minimum absolute atomic E-state index is 0.188. The van der Waals surface area contributed by atoms with Gasteiger partial charge in [-0.15, -0.1) is 0 Å². The highest BCUT2D eigenvalue weighted by molar-refractivity contribution is 5.79. The van der Waals surface area contributed by atoms with Crippen molar-refractivity contribution in [3.05, 3.63) is 29.8 Å². The molecule has 1 amide bonds. The molecular formula is C12H14N2O4. The van der Waals surface area contributed by atoms with Crippen molar-refractivity contribution in [1.29, 1.82) is 5.26 Å². The van der Waals surface area contributed by atoms with Gasteiger partial charge in [0.05, 0.1) is 18.7 Å². The Morgan fingerprint density at radius 1 is 1.56 bits per heavy atom. The number of nitriles is 1. The first kappa shape index (κ1) is 14.0. The molecule has 1 rings (SSSR count). The lowest BCUT2D eigenvalue weighted by Gasteiger charge is -2.19. The summed E-state index contributed by atoms with van der Waals surface area (Å²) in [7, 11) is 0. The molecule has 1 aromatic rings. The molecule has 0 spiro atoms. The standard InChI is InChI=1S/C12H14N2O4/c1-9(12(16)14(17)6-7-15)18-11-5-3-2-4-10(11)8-13/h2-5,9,15,17H,6-7H2,1H3. The summed E-state index contributed by atoms with van der Waals surface area (Å²) >= 11 is 0. The fourth-order valence-corrected chi connectivity index (χ4v) is 1.32. The maximum Gasteiger partial charge on any atom is 0.286 e. The Kier molecular flexibility index (Phi) is 5.11. The number of nitrogens with zero attached hydrogens (tertiary/aromatic N) is 2. The highest BCUT2D eigenvalue weighted by atomic mass is 16.5. The number of benzene rings is 1. The largest absolute Gasteiger partial charge is 0.479 e. The lowest BCUT2D eigenvalue weighted by Crippen LogP contribution is -2.39. The molecule has 6 heteroatoms. The molecule has 0 aromatic heterocycles. The molecule has 2 N–H and O–H groups in total. The van der Waals surface area contributed by atoms with Gasteiger partial charge < -0.3 is 9.84 Å². The van der Waals surface area contributed by atoms with Crippen molar-refractivity contribution in [2.45, 2.75) is 13.0 Å². The van der Waals surface area contributed by atoms with E-state index in [4.69, 9.17) is 15.1 Å². The predicted octanol–water partition coefficient (Wildman–Crippen LogP) is 0.536. The van der Waals surface area contributed by atoms with E-state index in [1.807, 2.05) is 6.07 Å². The molecule has 6 nitrogen and oxygen atoms in total. The van der Waals surface area contributed by atoms with Crippen LogP contribution >= 0.6 is 0 Å². The quantitative estimate of drug-likeness (QED) is 0.587. The molecule has 0 saturated heterocycles. The summed E-state index contributed by atoms with van der Waals surface area (Å²) in [6.07, 6.45) is -0.948. The maximum atomic E-state index is 11.6. The van der Waals surface area contributed by atoms with Gasteiger partial charge in [0.25, 0.3) is 5.91 Å². The van der Waals surface area contributed by atoms with Gasteiger partial charge in [0.15, 0.2) is 6.10 Å². The van der Waals surface area contributed by atoms with Crippen molar-refractivity contribution in [3.63, 3.8) is 0 Å². The van der Waals surface area contributed by atoms with Gasteiger partial charge in [-0.1, -0.05) is 12.1 Å². The van der Waals surface area contributed by atoms with Crippen LogP contribution in [0.2, 0.25) is 0 Å². The van der Waals surface area contributed by atoms with Gasteiger partial charge >= 0.3 is 0 Å². The van der Waals surface area contributed by atoms with Crippen molar-refractivity contribution in [2.75, 3.05) is 13.2 Å². The van der Waals surface area contributed by atoms with Crippen LogP contribution in [0.4, 0.5) is 0 Å². The molecule has 0 aliphatic rings. The average Bonchev–Trinajstić information content (AvgIpc) is 2.38. The molecule has 1 unspecified atom stereocenters. The molecule has 0 radical (unpaired) electrons. The van der Waals surface area contributed by atoms with Gasteiger partial charge in [0, 0.05) is 0 Å². The fourth-order valence-electron chi connectivity index (χ4n) is 1.32. The van der Waals surface area contributed by atoms with Gasteiger partial charge in [-0.25, -0.2) is 5.06 Å². The van der Waals surface area contributed by atoms with Crippen LogP contribution in [0, 0.1) is 11.3 Å². The third kappa shape index (κ3) is 3.45. The third-order valence-electron chi connectivity index (χ3n) is 2.23. The molecule has 0 fully saturated rings. The molecule has 96 valence electrons. The fraction of sp³-hybridized carbons (Fsp3) is 0.333. The zero-order valence-corrected chi connectivity index (χ0v) is 9.91. The van der Waals surface area contributed by atoms with Gasteiger partial charge in [-0.2, -0.15) is 5.26 Å². The minimum atomic E-state index is -0.948. The van der Waals surface area contributed by atoms with Crippen LogP contribution in [0.25, 0.3) is 0 Å². The van der Waals surface area contributed by atoms with Crippen LogP contribution in [0.5, 0.6) is 5.75 Å². The minimum Gasteiger partial charge on any atom is -0.479 e. The molecule has 0 saturated carbocycles. The predicted molar refractivity (Wildman–Crippen MR) is 61.8 cm³/mol. The van der Waals surface area contributed by atoms with E-state index in [-0.39, 0.29) is 18.9 Å². The second-order valence-corrected chi connectivity index (χ2v) is 3.55. The molecule has 1 atom stereocenters. The zero-order valence-electron chi connectivity index (χ0n) is 9.91. The number of rotatable bonds is 5. The van der Waals surface area contributed by atoms with Crippen LogP contribution in [0.1, 0.15) is 12.5 Å². The molecule has 0 aliphatic heterocycles. The van der Waals surface area contributed by atoms with E-state index in [0.29, 0.717) is 10.6 Å². The van der Waals surface area contributed by atoms with Gasteiger partial charge in [0.2, 0.25) is 0 Å². The Bertz CT molecular complexity index is 456. The number of para-hydroxylation sites is 1. The number of hydrogen-bond acceptors (Lipinski definition) is 5. The summed E-state index contributed by atoms with van der Waals surface area (Å²) in [5.41, 5.74) is 0.309. The van der Waals surface area contributed by atoms with E-state index in [0.717, 1.165) is 0 Å². The lowest BCUT2D eigenvalue weighted by atomic mass is 10.2. The summed E-state index contributed by atoms with van der Waals surface area (Å²) in [4.78, 5) is 11.6. The van der Waals surface area contributed by atoms with Crippen molar-refractivity contribution in [3.8, 4) is 11.8 Å².